The lowest BCUT2D eigenvalue weighted by atomic mass is 10.1. The molecular weight excluding hydrogens is 243 g/mol. The molecule has 4 heteroatoms. The molecular formula is C15H13FN2O. The lowest BCUT2D eigenvalue weighted by molar-refractivity contribution is 0.616. The van der Waals surface area contributed by atoms with Crippen LogP contribution in [0.5, 0.6) is 0 Å². The minimum atomic E-state index is -0.279. The first-order valence-electron chi connectivity index (χ1n) is 6.05. The minimum absolute atomic E-state index is 0.0460. The SMILES string of the molecule is C[C@H](N)c1ccc2oc(-c3ccc(F)cc3)nc2c1. The Morgan fingerprint density at radius 2 is 1.89 bits per heavy atom. The first-order chi connectivity index (χ1) is 9.13. The Morgan fingerprint density at radius 1 is 1.16 bits per heavy atom. The predicted octanol–water partition coefficient (Wildman–Crippen LogP) is 3.65. The van der Waals surface area contributed by atoms with E-state index >= 15 is 0 Å². The molecule has 0 radical (unpaired) electrons. The van der Waals surface area contributed by atoms with Gasteiger partial charge in [0.1, 0.15) is 11.3 Å². The summed E-state index contributed by atoms with van der Waals surface area (Å²) in [5.41, 5.74) is 9.05. The Labute approximate surface area is 109 Å². The third-order valence-electron chi connectivity index (χ3n) is 3.03. The molecule has 0 saturated heterocycles. The van der Waals surface area contributed by atoms with E-state index in [1.165, 1.54) is 12.1 Å². The number of hydrogen-bond donors (Lipinski definition) is 1. The highest BCUT2D eigenvalue weighted by Gasteiger charge is 2.10. The number of nitrogens with two attached hydrogens (primary N) is 1. The Balaban J connectivity index is 2.08. The lowest BCUT2D eigenvalue weighted by Crippen LogP contribution is -2.04. The summed E-state index contributed by atoms with van der Waals surface area (Å²) >= 11 is 0. The number of rotatable bonds is 2. The van der Waals surface area contributed by atoms with Gasteiger partial charge in [0.25, 0.3) is 0 Å². The number of nitrogens with zero attached hydrogens (tertiary/aromatic N) is 1. The summed E-state index contributed by atoms with van der Waals surface area (Å²) in [5, 5.41) is 0. The summed E-state index contributed by atoms with van der Waals surface area (Å²) in [6.07, 6.45) is 0. The van der Waals surface area contributed by atoms with Crippen molar-refractivity contribution in [3.8, 4) is 11.5 Å². The van der Waals surface area contributed by atoms with Gasteiger partial charge in [-0.25, -0.2) is 9.37 Å². The van der Waals surface area contributed by atoms with Gasteiger partial charge in [0, 0.05) is 11.6 Å². The molecule has 0 unspecified atom stereocenters. The Hall–Kier alpha value is -2.20. The molecule has 1 atom stereocenters. The average molecular weight is 256 g/mol. The van der Waals surface area contributed by atoms with E-state index in [9.17, 15) is 4.39 Å². The summed E-state index contributed by atoms with van der Waals surface area (Å²) in [6, 6.07) is 11.7. The van der Waals surface area contributed by atoms with Crippen molar-refractivity contribution in [2.45, 2.75) is 13.0 Å². The molecule has 0 spiro atoms. The molecule has 0 aliphatic rings. The highest BCUT2D eigenvalue weighted by Crippen LogP contribution is 2.26. The molecule has 96 valence electrons. The fourth-order valence-electron chi connectivity index (χ4n) is 1.94. The number of fused-ring (bicyclic) bond motifs is 1. The second-order valence-corrected chi connectivity index (χ2v) is 4.54. The second-order valence-electron chi connectivity index (χ2n) is 4.54. The summed E-state index contributed by atoms with van der Waals surface area (Å²) in [7, 11) is 0. The molecule has 0 amide bonds. The smallest absolute Gasteiger partial charge is 0.227 e. The number of benzene rings is 2. The van der Waals surface area contributed by atoms with Crippen LogP contribution >= 0.6 is 0 Å². The van der Waals surface area contributed by atoms with Gasteiger partial charge in [-0.15, -0.1) is 0 Å². The molecule has 0 aliphatic heterocycles. The van der Waals surface area contributed by atoms with E-state index in [-0.39, 0.29) is 11.9 Å². The van der Waals surface area contributed by atoms with Gasteiger partial charge in [0.05, 0.1) is 0 Å². The van der Waals surface area contributed by atoms with Gasteiger partial charge in [0.2, 0.25) is 5.89 Å². The average Bonchev–Trinajstić information content (AvgIpc) is 2.82. The molecule has 1 heterocycles. The van der Waals surface area contributed by atoms with Crippen LogP contribution in [0.1, 0.15) is 18.5 Å². The Bertz CT molecular complexity index is 717. The molecule has 1 aromatic heterocycles. The molecule has 0 saturated carbocycles. The summed E-state index contributed by atoms with van der Waals surface area (Å²) in [6.45, 7) is 1.92. The van der Waals surface area contributed by atoms with E-state index in [0.717, 1.165) is 16.6 Å². The van der Waals surface area contributed by atoms with Gasteiger partial charge >= 0.3 is 0 Å². The van der Waals surface area contributed by atoms with Gasteiger partial charge in [0.15, 0.2) is 5.58 Å². The molecule has 2 N–H and O–H groups in total. The molecule has 0 fully saturated rings. The standard InChI is InChI=1S/C15H13FN2O/c1-9(17)11-4-7-14-13(8-11)18-15(19-14)10-2-5-12(16)6-3-10/h2-9H,17H2,1H3/t9-/m0/s1. The monoisotopic (exact) mass is 256 g/mol. The summed E-state index contributed by atoms with van der Waals surface area (Å²) in [5.74, 6) is 0.205. The number of aromatic nitrogens is 1. The fraction of sp³-hybridized carbons (Fsp3) is 0.133. The van der Waals surface area contributed by atoms with Gasteiger partial charge < -0.3 is 10.2 Å². The van der Waals surface area contributed by atoms with E-state index in [4.69, 9.17) is 10.2 Å². The maximum absolute atomic E-state index is 12.9. The van der Waals surface area contributed by atoms with E-state index in [1.54, 1.807) is 12.1 Å². The van der Waals surface area contributed by atoms with Crippen molar-refractivity contribution in [1.29, 1.82) is 0 Å². The first-order valence-corrected chi connectivity index (χ1v) is 6.05. The summed E-state index contributed by atoms with van der Waals surface area (Å²) < 4.78 is 18.5. The van der Waals surface area contributed by atoms with E-state index in [1.807, 2.05) is 25.1 Å². The lowest BCUT2D eigenvalue weighted by Gasteiger charge is -2.03. The quantitative estimate of drug-likeness (QED) is 0.761. The van der Waals surface area contributed by atoms with Gasteiger partial charge in [-0.3, -0.25) is 0 Å². The van der Waals surface area contributed by atoms with Crippen LogP contribution in [0.4, 0.5) is 4.39 Å². The van der Waals surface area contributed by atoms with Crippen LogP contribution in [0, 0.1) is 5.82 Å². The molecule has 2 aromatic carbocycles. The van der Waals surface area contributed by atoms with Crippen LogP contribution in [0.25, 0.3) is 22.6 Å². The van der Waals surface area contributed by atoms with Gasteiger partial charge in [-0.2, -0.15) is 0 Å². The topological polar surface area (TPSA) is 52.0 Å². The van der Waals surface area contributed by atoms with Crippen LogP contribution in [-0.2, 0) is 0 Å². The summed E-state index contributed by atoms with van der Waals surface area (Å²) in [4.78, 5) is 4.41. The van der Waals surface area contributed by atoms with Crippen LogP contribution < -0.4 is 5.73 Å². The Kier molecular flexibility index (Phi) is 2.80. The van der Waals surface area contributed by atoms with Crippen molar-refractivity contribution in [1.82, 2.24) is 4.98 Å². The van der Waals surface area contributed by atoms with Crippen LogP contribution in [0.3, 0.4) is 0 Å². The normalized spacial score (nSPS) is 12.8. The third-order valence-corrected chi connectivity index (χ3v) is 3.03. The van der Waals surface area contributed by atoms with E-state index < -0.39 is 0 Å². The number of halogens is 1. The largest absolute Gasteiger partial charge is 0.436 e. The number of hydrogen-bond acceptors (Lipinski definition) is 3. The highest BCUT2D eigenvalue weighted by atomic mass is 19.1. The van der Waals surface area contributed by atoms with Crippen molar-refractivity contribution in [3.63, 3.8) is 0 Å². The van der Waals surface area contributed by atoms with Crippen LogP contribution in [0.15, 0.2) is 46.9 Å². The Morgan fingerprint density at radius 3 is 2.58 bits per heavy atom. The minimum Gasteiger partial charge on any atom is -0.436 e. The zero-order valence-corrected chi connectivity index (χ0v) is 10.4. The first kappa shape index (κ1) is 11.9. The van der Waals surface area contributed by atoms with Crippen molar-refractivity contribution < 1.29 is 8.81 Å². The van der Waals surface area contributed by atoms with Crippen molar-refractivity contribution >= 4 is 11.1 Å². The zero-order valence-electron chi connectivity index (χ0n) is 10.4. The molecule has 0 aliphatic carbocycles. The van der Waals surface area contributed by atoms with Gasteiger partial charge in [-0.1, -0.05) is 6.07 Å². The highest BCUT2D eigenvalue weighted by molar-refractivity contribution is 5.77. The molecule has 3 rings (SSSR count). The van der Waals surface area contributed by atoms with E-state index in [0.29, 0.717) is 11.5 Å². The molecule has 19 heavy (non-hydrogen) atoms. The fourth-order valence-corrected chi connectivity index (χ4v) is 1.94. The maximum atomic E-state index is 12.9. The van der Waals surface area contributed by atoms with Crippen LogP contribution in [-0.4, -0.2) is 4.98 Å². The number of oxazole rings is 1. The third kappa shape index (κ3) is 2.22. The molecule has 3 aromatic rings. The maximum Gasteiger partial charge on any atom is 0.227 e. The van der Waals surface area contributed by atoms with Gasteiger partial charge in [-0.05, 0) is 48.9 Å². The van der Waals surface area contributed by atoms with Crippen molar-refractivity contribution in [3.05, 3.63) is 53.8 Å². The zero-order chi connectivity index (χ0) is 13.4. The van der Waals surface area contributed by atoms with E-state index in [2.05, 4.69) is 4.98 Å². The predicted molar refractivity (Wildman–Crippen MR) is 72.0 cm³/mol. The molecule has 3 nitrogen and oxygen atoms in total. The second kappa shape index (κ2) is 4.48. The van der Waals surface area contributed by atoms with Crippen molar-refractivity contribution in [2.24, 2.45) is 5.73 Å². The molecule has 0 bridgehead atoms. The van der Waals surface area contributed by atoms with Crippen molar-refractivity contribution in [2.75, 3.05) is 0 Å². The van der Waals surface area contributed by atoms with Crippen LogP contribution in [0.2, 0.25) is 0 Å².